The Hall–Kier alpha value is -8.00. The van der Waals surface area contributed by atoms with Crippen molar-refractivity contribution in [1.29, 1.82) is 5.26 Å². The Kier molecular flexibility index (Phi) is 9.18. The van der Waals surface area contributed by atoms with E-state index in [0.717, 1.165) is 81.1 Å². The summed E-state index contributed by atoms with van der Waals surface area (Å²) in [4.78, 5) is 4.71. The molecule has 0 atom stereocenters. The van der Waals surface area contributed by atoms with Crippen LogP contribution in [0.2, 0.25) is 0 Å². The Morgan fingerprint density at radius 3 is 1.30 bits per heavy atom. The molecule has 0 radical (unpaired) electrons. The van der Waals surface area contributed by atoms with Crippen LogP contribution in [0.15, 0.2) is 170 Å². The molecule has 9 aromatic carbocycles. The summed E-state index contributed by atoms with van der Waals surface area (Å²) in [6.07, 6.45) is 0. The first-order valence-corrected chi connectivity index (χ1v) is 25.5. The summed E-state index contributed by atoms with van der Waals surface area (Å²) < 4.78 is 9.52. The molecule has 0 unspecified atom stereocenters. The Morgan fingerprint density at radius 2 is 0.857 bits per heavy atom. The molecule has 4 nitrogen and oxygen atoms in total. The zero-order valence-electron chi connectivity index (χ0n) is 39.8. The van der Waals surface area contributed by atoms with Crippen LogP contribution in [0.4, 0.5) is 5.69 Å². The first kappa shape index (κ1) is 42.1. The quantitative estimate of drug-likeness (QED) is 0.162. The van der Waals surface area contributed by atoms with Crippen molar-refractivity contribution in [3.05, 3.63) is 198 Å². The molecular weight excluding hydrogens is 889 g/mol. The Bertz CT molecular complexity index is 4250. The zero-order valence-corrected chi connectivity index (χ0v) is 41.4. The van der Waals surface area contributed by atoms with Crippen molar-refractivity contribution in [1.82, 2.24) is 9.13 Å². The molecule has 334 valence electrons. The molecule has 0 aliphatic heterocycles. The number of nitrogens with zero attached hydrogens (tertiary/aromatic N) is 4. The number of hydrogen-bond donors (Lipinski definition) is 0. The Morgan fingerprint density at radius 1 is 0.443 bits per heavy atom. The summed E-state index contributed by atoms with van der Waals surface area (Å²) in [5.41, 5.74) is 11.9. The lowest BCUT2D eigenvalue weighted by Crippen LogP contribution is -2.12. The average molecular weight is 935 g/mol. The van der Waals surface area contributed by atoms with E-state index in [-0.39, 0.29) is 10.8 Å². The van der Waals surface area contributed by atoms with E-state index in [1.54, 1.807) is 0 Å². The lowest BCUT2D eigenvalue weighted by Gasteiger charge is -2.27. The van der Waals surface area contributed by atoms with Gasteiger partial charge in [-0.3, -0.25) is 0 Å². The van der Waals surface area contributed by atoms with Gasteiger partial charge in [-0.1, -0.05) is 187 Å². The van der Waals surface area contributed by atoms with E-state index >= 15 is 0 Å². The van der Waals surface area contributed by atoms with Crippen LogP contribution in [0.1, 0.15) is 58.2 Å². The van der Waals surface area contributed by atoms with Gasteiger partial charge in [-0.2, -0.15) is 5.26 Å². The van der Waals surface area contributed by atoms with Gasteiger partial charge in [0.05, 0.1) is 55.0 Å². The molecule has 0 saturated heterocycles. The highest BCUT2D eigenvalue weighted by Gasteiger charge is 2.33. The van der Waals surface area contributed by atoms with Crippen LogP contribution in [0.3, 0.4) is 0 Å². The number of para-hydroxylation sites is 2. The maximum absolute atomic E-state index is 12.1. The van der Waals surface area contributed by atoms with E-state index in [1.165, 1.54) is 42.1 Å². The van der Waals surface area contributed by atoms with E-state index in [2.05, 4.69) is 227 Å². The van der Waals surface area contributed by atoms with Gasteiger partial charge < -0.3 is 9.13 Å². The van der Waals surface area contributed by atoms with Gasteiger partial charge in [0.15, 0.2) is 0 Å². The van der Waals surface area contributed by atoms with Crippen LogP contribution >= 0.6 is 22.7 Å². The van der Waals surface area contributed by atoms with Gasteiger partial charge in [-0.25, -0.2) is 4.85 Å². The van der Waals surface area contributed by atoms with Crippen molar-refractivity contribution < 1.29 is 0 Å². The number of hydrogen-bond acceptors (Lipinski definition) is 3. The summed E-state index contributed by atoms with van der Waals surface area (Å²) in [5, 5.41) is 21.3. The molecule has 13 aromatic rings. The van der Waals surface area contributed by atoms with Crippen LogP contribution in [-0.4, -0.2) is 9.13 Å². The minimum atomic E-state index is -0.105. The molecule has 0 aliphatic carbocycles. The van der Waals surface area contributed by atoms with Crippen LogP contribution in [0.5, 0.6) is 0 Å². The summed E-state index contributed by atoms with van der Waals surface area (Å²) in [5.74, 6) is 0. The lowest BCUT2D eigenvalue weighted by atomic mass is 9.83. The normalized spacial score (nSPS) is 12.4. The highest BCUT2D eigenvalue weighted by atomic mass is 32.1. The number of benzene rings is 9. The van der Waals surface area contributed by atoms with Crippen LogP contribution < -0.4 is 0 Å². The largest absolute Gasteiger partial charge is 0.316 e. The number of nitriles is 1. The zero-order chi connectivity index (χ0) is 47.8. The van der Waals surface area contributed by atoms with E-state index in [9.17, 15) is 11.8 Å². The number of rotatable bonds is 4. The third-order valence-corrected chi connectivity index (χ3v) is 16.9. The van der Waals surface area contributed by atoms with Gasteiger partial charge >= 0.3 is 0 Å². The van der Waals surface area contributed by atoms with Crippen molar-refractivity contribution in [3.63, 3.8) is 0 Å². The van der Waals surface area contributed by atoms with Gasteiger partial charge in [-0.15, -0.1) is 22.7 Å². The molecule has 0 bridgehead atoms. The number of thiophene rings is 2. The topological polar surface area (TPSA) is 38.0 Å². The predicted molar refractivity (Wildman–Crippen MR) is 300 cm³/mol. The molecule has 4 heterocycles. The van der Waals surface area contributed by atoms with Crippen molar-refractivity contribution >= 4 is 112 Å². The highest BCUT2D eigenvalue weighted by Crippen LogP contribution is 2.55. The van der Waals surface area contributed by atoms with Gasteiger partial charge in [0.2, 0.25) is 5.69 Å². The van der Waals surface area contributed by atoms with E-state index in [1.807, 2.05) is 22.7 Å². The fraction of sp³-hybridized carbons (Fsp3) is 0.125. The molecule has 4 aromatic heterocycles. The third-order valence-electron chi connectivity index (χ3n) is 14.5. The summed E-state index contributed by atoms with van der Waals surface area (Å²) in [7, 11) is 0. The average Bonchev–Trinajstić information content (AvgIpc) is 4.13. The van der Waals surface area contributed by atoms with Gasteiger partial charge in [0.1, 0.15) is 6.07 Å². The molecule has 0 aliphatic rings. The second-order valence-electron chi connectivity index (χ2n) is 20.6. The maximum atomic E-state index is 12.1. The molecule has 0 spiro atoms. The van der Waals surface area contributed by atoms with E-state index < -0.39 is 0 Å². The van der Waals surface area contributed by atoms with Crippen LogP contribution in [0.25, 0.3) is 122 Å². The van der Waals surface area contributed by atoms with Crippen molar-refractivity contribution in [2.24, 2.45) is 0 Å². The molecule has 6 heteroatoms. The van der Waals surface area contributed by atoms with Crippen LogP contribution in [0, 0.1) is 17.9 Å². The molecular formula is C64H46N4S2. The molecule has 70 heavy (non-hydrogen) atoms. The van der Waals surface area contributed by atoms with Gasteiger partial charge in [0, 0.05) is 63.6 Å². The molecule has 13 rings (SSSR count). The highest BCUT2D eigenvalue weighted by molar-refractivity contribution is 7.27. The van der Waals surface area contributed by atoms with E-state index in [0.29, 0.717) is 16.8 Å². The minimum Gasteiger partial charge on any atom is -0.316 e. The summed E-state index contributed by atoms with van der Waals surface area (Å²) in [6, 6.07) is 64.0. The van der Waals surface area contributed by atoms with E-state index in [4.69, 9.17) is 4.85 Å². The number of fused-ring (bicyclic) bond motifs is 14. The monoisotopic (exact) mass is 934 g/mol. The van der Waals surface area contributed by atoms with Crippen molar-refractivity contribution in [2.75, 3.05) is 0 Å². The van der Waals surface area contributed by atoms with Crippen molar-refractivity contribution in [2.45, 2.75) is 52.4 Å². The minimum absolute atomic E-state index is 0.101. The van der Waals surface area contributed by atoms with Crippen LogP contribution in [-0.2, 0) is 10.8 Å². The van der Waals surface area contributed by atoms with Gasteiger partial charge in [0.25, 0.3) is 0 Å². The second-order valence-corrected chi connectivity index (χ2v) is 22.7. The Labute approximate surface area is 414 Å². The first-order valence-electron chi connectivity index (χ1n) is 23.9. The first-order chi connectivity index (χ1) is 33.9. The number of aromatic nitrogens is 2. The third kappa shape index (κ3) is 6.04. The van der Waals surface area contributed by atoms with Crippen molar-refractivity contribution in [3.8, 4) is 39.7 Å². The molecule has 0 amide bonds. The fourth-order valence-corrected chi connectivity index (χ4v) is 13.6. The summed E-state index contributed by atoms with van der Waals surface area (Å²) >= 11 is 3.62. The predicted octanol–water partition coefficient (Wildman–Crippen LogP) is 19.0. The molecule has 0 saturated carbocycles. The molecule has 0 fully saturated rings. The fourth-order valence-electron chi connectivity index (χ4n) is 11.1. The Balaban J connectivity index is 1.35. The standard InChI is InChI=1S/C64H46N4S2/c1-63(2,3)39-28-24-37(25-29-39)54-49(36-65)57(67-50-20-12-8-16-41(50)42-17-9-13-21-51(42)67)55(38-26-30-40(31-27-38)64(4,5)6)60(56(54)66-7)68-58-45(32-34-47-43-18-10-14-22-52(43)69-61(47)58)46-33-35-48-44-19-11-15-23-53(44)70-62(48)59(46)68/h8-35H,1-6H3. The molecule has 0 N–H and O–H groups in total. The second kappa shape index (κ2) is 15.3. The maximum Gasteiger partial charge on any atom is 0.220 e. The lowest BCUT2D eigenvalue weighted by molar-refractivity contribution is 0.590. The summed E-state index contributed by atoms with van der Waals surface area (Å²) in [6.45, 7) is 23.0. The SMILES string of the molecule is [C-]#[N+]c1c(-c2ccc(C(C)(C)C)cc2)c(C#N)c(-n2c3ccccc3c3ccccc32)c(-c2ccc(C(C)(C)C)cc2)c1-n1c2c(ccc3c4ccccc4sc32)c2ccc3c4ccccc4sc3c21. The smallest absolute Gasteiger partial charge is 0.220 e. The van der Waals surface area contributed by atoms with Gasteiger partial charge in [-0.05, 0) is 57.3 Å².